The van der Waals surface area contributed by atoms with Gasteiger partial charge in [0, 0.05) is 42.2 Å². The van der Waals surface area contributed by atoms with Gasteiger partial charge in [-0.25, -0.2) is 19.5 Å². The summed E-state index contributed by atoms with van der Waals surface area (Å²) in [6, 6.07) is 6.82. The molecule has 0 spiro atoms. The number of hydrazone groups is 1. The molecule has 9 nitrogen and oxygen atoms in total. The number of rotatable bonds is 6. The number of carbonyl (C=O) groups excluding carboxylic acids is 1. The molecule has 1 amide bonds. The molecular formula is C28H34N8O. The number of aromatic nitrogens is 4. The van der Waals surface area contributed by atoms with Crippen molar-refractivity contribution in [3.8, 4) is 0 Å². The lowest BCUT2D eigenvalue weighted by Crippen LogP contribution is -2.49. The van der Waals surface area contributed by atoms with Crippen LogP contribution in [0.4, 0.5) is 5.82 Å². The van der Waals surface area contributed by atoms with Gasteiger partial charge in [0.1, 0.15) is 11.7 Å². The van der Waals surface area contributed by atoms with Gasteiger partial charge in [0.2, 0.25) is 0 Å². The maximum Gasteiger partial charge on any atom is 0.258 e. The number of fused-ring (bicyclic) bond motifs is 1. The number of likely N-dealkylation sites (tertiary alicyclic amines) is 1. The highest BCUT2D eigenvalue weighted by Crippen LogP contribution is 2.40. The number of anilines is 1. The first-order valence-electron chi connectivity index (χ1n) is 13.8. The molecule has 1 N–H and O–H groups in total. The lowest BCUT2D eigenvalue weighted by molar-refractivity contribution is 0.0926. The van der Waals surface area contributed by atoms with E-state index >= 15 is 0 Å². The van der Waals surface area contributed by atoms with Crippen molar-refractivity contribution in [2.75, 3.05) is 18.1 Å². The predicted molar refractivity (Wildman–Crippen MR) is 141 cm³/mol. The number of amides is 1. The van der Waals surface area contributed by atoms with E-state index in [0.717, 1.165) is 37.8 Å². The van der Waals surface area contributed by atoms with E-state index < -0.39 is 0 Å². The lowest BCUT2D eigenvalue weighted by atomic mass is 9.83. The monoisotopic (exact) mass is 498 g/mol. The molecule has 4 aliphatic rings. The van der Waals surface area contributed by atoms with Crippen molar-refractivity contribution in [2.24, 2.45) is 16.9 Å². The topological polar surface area (TPSA) is 91.0 Å². The van der Waals surface area contributed by atoms with Crippen LogP contribution in [0, 0.1) is 11.8 Å². The van der Waals surface area contributed by atoms with Gasteiger partial charge in [0.25, 0.3) is 5.91 Å². The van der Waals surface area contributed by atoms with Crippen LogP contribution >= 0.6 is 0 Å². The van der Waals surface area contributed by atoms with Crippen LogP contribution in [0.5, 0.6) is 0 Å². The molecule has 3 aromatic rings. The Kier molecular flexibility index (Phi) is 5.68. The molecule has 3 fully saturated rings. The quantitative estimate of drug-likeness (QED) is 0.555. The van der Waals surface area contributed by atoms with Gasteiger partial charge >= 0.3 is 0 Å². The number of pyridine rings is 1. The van der Waals surface area contributed by atoms with Crippen LogP contribution < -0.4 is 10.3 Å². The molecular weight excluding hydrogens is 464 g/mol. The Hall–Kier alpha value is -3.33. The number of carbonyl (C=O) groups is 1. The average Bonchev–Trinajstić information content (AvgIpc) is 3.58. The van der Waals surface area contributed by atoms with Gasteiger partial charge in [-0.15, -0.1) is 0 Å². The first-order chi connectivity index (χ1) is 18.2. The second kappa shape index (κ2) is 9.20. The van der Waals surface area contributed by atoms with Gasteiger partial charge < -0.3 is 10.2 Å². The SMILES string of the molecule is CC1C(C2CCN(C3CCC3)CC2)=NN(c2ccc(C3CC3)cn2)C1NC(=O)c1cnn2cccnc12. The first-order valence-corrected chi connectivity index (χ1v) is 13.8. The molecule has 2 aliphatic heterocycles. The highest BCUT2D eigenvalue weighted by Gasteiger charge is 2.42. The van der Waals surface area contributed by atoms with E-state index in [4.69, 9.17) is 10.1 Å². The van der Waals surface area contributed by atoms with Crippen LogP contribution in [-0.4, -0.2) is 61.4 Å². The van der Waals surface area contributed by atoms with Crippen molar-refractivity contribution in [1.82, 2.24) is 29.8 Å². The summed E-state index contributed by atoms with van der Waals surface area (Å²) in [6.45, 7) is 4.47. The Morgan fingerprint density at radius 2 is 1.84 bits per heavy atom. The summed E-state index contributed by atoms with van der Waals surface area (Å²) in [6.07, 6.45) is 15.6. The standard InChI is InChI=1S/C28H34N8O/c1-18-25(20-10-14-34(15-11-20)22-4-2-5-22)33-36(24-9-8-21(16-30-24)19-6-7-19)26(18)32-28(37)23-17-31-35-13-3-12-29-27(23)35/h3,8-9,12-13,16-20,22,26H,2,4-7,10-11,14-15H2,1H3,(H,32,37). The number of hydrogen-bond donors (Lipinski definition) is 1. The van der Waals surface area contributed by atoms with E-state index in [1.54, 1.807) is 29.2 Å². The van der Waals surface area contributed by atoms with Gasteiger partial charge in [0.15, 0.2) is 11.5 Å². The molecule has 0 radical (unpaired) electrons. The highest BCUT2D eigenvalue weighted by atomic mass is 16.2. The minimum absolute atomic E-state index is 0.0731. The highest BCUT2D eigenvalue weighted by molar-refractivity contribution is 6.01. The van der Waals surface area contributed by atoms with Crippen molar-refractivity contribution in [1.29, 1.82) is 0 Å². The third-order valence-corrected chi connectivity index (χ3v) is 8.82. The third kappa shape index (κ3) is 4.19. The number of piperidine rings is 1. The second-order valence-corrected chi connectivity index (χ2v) is 11.1. The maximum absolute atomic E-state index is 13.5. The number of nitrogens with zero attached hydrogens (tertiary/aromatic N) is 7. The molecule has 3 aromatic heterocycles. The second-order valence-electron chi connectivity index (χ2n) is 11.1. The van der Waals surface area contributed by atoms with Crippen LogP contribution in [-0.2, 0) is 0 Å². The predicted octanol–water partition coefficient (Wildman–Crippen LogP) is 3.83. The number of hydrogen-bond acceptors (Lipinski definition) is 7. The fraction of sp³-hybridized carbons (Fsp3) is 0.536. The van der Waals surface area contributed by atoms with Gasteiger partial charge in [-0.3, -0.25) is 4.79 Å². The molecule has 2 saturated carbocycles. The summed E-state index contributed by atoms with van der Waals surface area (Å²) in [5.41, 5.74) is 3.49. The third-order valence-electron chi connectivity index (χ3n) is 8.82. The molecule has 37 heavy (non-hydrogen) atoms. The first kappa shape index (κ1) is 22.8. The Bertz CT molecular complexity index is 1320. The molecule has 0 aromatic carbocycles. The summed E-state index contributed by atoms with van der Waals surface area (Å²) in [5.74, 6) is 1.74. The Balaban J connectivity index is 1.15. The summed E-state index contributed by atoms with van der Waals surface area (Å²) in [7, 11) is 0. The van der Waals surface area contributed by atoms with Gasteiger partial charge in [-0.05, 0) is 75.2 Å². The molecule has 5 heterocycles. The summed E-state index contributed by atoms with van der Waals surface area (Å²) >= 11 is 0. The van der Waals surface area contributed by atoms with E-state index in [-0.39, 0.29) is 18.0 Å². The summed E-state index contributed by atoms with van der Waals surface area (Å²) in [5, 5.41) is 14.7. The van der Waals surface area contributed by atoms with Gasteiger partial charge in [0.05, 0.1) is 6.20 Å². The average molecular weight is 499 g/mol. The molecule has 2 aliphatic carbocycles. The van der Waals surface area contributed by atoms with E-state index in [2.05, 4.69) is 39.4 Å². The molecule has 7 rings (SSSR count). The smallest absolute Gasteiger partial charge is 0.258 e. The van der Waals surface area contributed by atoms with Crippen molar-refractivity contribution in [3.05, 3.63) is 54.1 Å². The van der Waals surface area contributed by atoms with E-state index in [9.17, 15) is 4.79 Å². The number of nitrogens with one attached hydrogen (secondary N) is 1. The Labute approximate surface area is 217 Å². The van der Waals surface area contributed by atoms with E-state index in [1.807, 2.05) is 11.2 Å². The zero-order chi connectivity index (χ0) is 24.9. The van der Waals surface area contributed by atoms with Gasteiger partial charge in [-0.2, -0.15) is 10.2 Å². The van der Waals surface area contributed by atoms with Crippen LogP contribution in [0.2, 0.25) is 0 Å². The van der Waals surface area contributed by atoms with Crippen LogP contribution in [0.15, 0.2) is 48.1 Å². The molecule has 9 heteroatoms. The normalized spacial score (nSPS) is 25.3. The minimum atomic E-state index is -0.315. The van der Waals surface area contributed by atoms with Crippen LogP contribution in [0.1, 0.15) is 73.7 Å². The van der Waals surface area contributed by atoms with Crippen LogP contribution in [0.25, 0.3) is 5.65 Å². The summed E-state index contributed by atoms with van der Waals surface area (Å²) in [4.78, 5) is 25.3. The molecule has 192 valence electrons. The molecule has 2 atom stereocenters. The van der Waals surface area contributed by atoms with Crippen molar-refractivity contribution in [2.45, 2.75) is 70.0 Å². The fourth-order valence-electron chi connectivity index (χ4n) is 6.19. The van der Waals surface area contributed by atoms with Crippen molar-refractivity contribution < 1.29 is 4.79 Å². The Morgan fingerprint density at radius 1 is 1.00 bits per heavy atom. The van der Waals surface area contributed by atoms with Crippen LogP contribution in [0.3, 0.4) is 0 Å². The largest absolute Gasteiger partial charge is 0.329 e. The zero-order valence-electron chi connectivity index (χ0n) is 21.3. The molecule has 0 bridgehead atoms. The van der Waals surface area contributed by atoms with E-state index in [0.29, 0.717) is 23.0 Å². The maximum atomic E-state index is 13.5. The summed E-state index contributed by atoms with van der Waals surface area (Å²) < 4.78 is 1.63. The Morgan fingerprint density at radius 3 is 2.54 bits per heavy atom. The molecule has 1 saturated heterocycles. The van der Waals surface area contributed by atoms with Crippen molar-refractivity contribution >= 4 is 23.1 Å². The minimum Gasteiger partial charge on any atom is -0.329 e. The van der Waals surface area contributed by atoms with Gasteiger partial charge in [-0.1, -0.05) is 19.4 Å². The van der Waals surface area contributed by atoms with E-state index in [1.165, 1.54) is 43.4 Å². The van der Waals surface area contributed by atoms with Crippen molar-refractivity contribution in [3.63, 3.8) is 0 Å². The fourth-order valence-corrected chi connectivity index (χ4v) is 6.19. The zero-order valence-corrected chi connectivity index (χ0v) is 21.3. The lowest BCUT2D eigenvalue weighted by Gasteiger charge is -2.42. The molecule has 2 unspecified atom stereocenters.